The standard InChI is InChI=1S/C19H27ClN2O5S2/c1-2-9-22(15-8-12-28(24,25)14-15)19(23)17-13-16(6-7-18(17)20)29(26,27)21-10-4-3-5-11-21/h6-7,13,15H,2-5,8-12,14H2,1H3/t15-/m1/s1. The monoisotopic (exact) mass is 462 g/mol. The largest absolute Gasteiger partial charge is 0.335 e. The Morgan fingerprint density at radius 2 is 1.93 bits per heavy atom. The van der Waals surface area contributed by atoms with Gasteiger partial charge in [0, 0.05) is 25.7 Å². The van der Waals surface area contributed by atoms with E-state index in [0.717, 1.165) is 19.3 Å². The van der Waals surface area contributed by atoms with Gasteiger partial charge in [-0.1, -0.05) is 24.9 Å². The van der Waals surface area contributed by atoms with Crippen LogP contribution in [0, 0.1) is 0 Å². The van der Waals surface area contributed by atoms with Crippen LogP contribution in [0.2, 0.25) is 5.02 Å². The molecular weight excluding hydrogens is 436 g/mol. The number of carbonyl (C=O) groups is 1. The summed E-state index contributed by atoms with van der Waals surface area (Å²) in [5.74, 6) is -0.431. The van der Waals surface area contributed by atoms with Crippen molar-refractivity contribution >= 4 is 37.4 Å². The minimum absolute atomic E-state index is 0.0441. The van der Waals surface area contributed by atoms with E-state index >= 15 is 0 Å². The molecular formula is C19H27ClN2O5S2. The Kier molecular flexibility index (Phi) is 6.92. The van der Waals surface area contributed by atoms with Crippen molar-refractivity contribution in [1.29, 1.82) is 0 Å². The number of piperidine rings is 1. The summed E-state index contributed by atoms with van der Waals surface area (Å²) in [5.41, 5.74) is 0.0995. The Hall–Kier alpha value is -1.16. The van der Waals surface area contributed by atoms with Gasteiger partial charge in [0.25, 0.3) is 5.91 Å². The van der Waals surface area contributed by atoms with Gasteiger partial charge in [0.2, 0.25) is 10.0 Å². The first-order chi connectivity index (χ1) is 13.7. The smallest absolute Gasteiger partial charge is 0.255 e. The molecule has 0 unspecified atom stereocenters. The number of sulfonamides is 1. The van der Waals surface area contributed by atoms with E-state index in [1.807, 2.05) is 6.92 Å². The van der Waals surface area contributed by atoms with Crippen LogP contribution < -0.4 is 0 Å². The Morgan fingerprint density at radius 3 is 2.52 bits per heavy atom. The lowest BCUT2D eigenvalue weighted by atomic mass is 10.1. The lowest BCUT2D eigenvalue weighted by molar-refractivity contribution is 0.0697. The summed E-state index contributed by atoms with van der Waals surface area (Å²) in [6.45, 7) is 3.23. The van der Waals surface area contributed by atoms with Crippen LogP contribution in [0.1, 0.15) is 49.4 Å². The Bertz CT molecular complexity index is 972. The molecule has 2 aliphatic rings. The average Bonchev–Trinajstić information content (AvgIpc) is 3.06. The molecule has 2 saturated heterocycles. The molecule has 1 amide bonds. The Balaban J connectivity index is 1.92. The number of nitrogens with zero attached hydrogens (tertiary/aromatic N) is 2. The molecule has 0 N–H and O–H groups in total. The molecule has 1 aromatic carbocycles. The SMILES string of the molecule is CCCN(C(=O)c1cc(S(=O)(=O)N2CCCCC2)ccc1Cl)[C@@H]1CCS(=O)(=O)C1. The molecule has 0 saturated carbocycles. The van der Waals surface area contributed by atoms with Crippen LogP contribution >= 0.6 is 11.6 Å². The van der Waals surface area contributed by atoms with Crippen LogP contribution in [0.15, 0.2) is 23.1 Å². The summed E-state index contributed by atoms with van der Waals surface area (Å²) < 4.78 is 51.2. The lowest BCUT2D eigenvalue weighted by Gasteiger charge is -2.29. The van der Waals surface area contributed by atoms with E-state index in [2.05, 4.69) is 0 Å². The number of hydrogen-bond acceptors (Lipinski definition) is 5. The maximum absolute atomic E-state index is 13.2. The van der Waals surface area contributed by atoms with Crippen LogP contribution in [0.3, 0.4) is 0 Å². The fourth-order valence-corrected chi connectivity index (χ4v) is 7.42. The zero-order valence-corrected chi connectivity index (χ0v) is 18.9. The number of rotatable bonds is 6. The van der Waals surface area contributed by atoms with Crippen molar-refractivity contribution in [3.8, 4) is 0 Å². The van der Waals surface area contributed by atoms with Crippen LogP contribution in [-0.4, -0.2) is 69.1 Å². The Morgan fingerprint density at radius 1 is 1.24 bits per heavy atom. The van der Waals surface area contributed by atoms with Crippen LogP contribution in [-0.2, 0) is 19.9 Å². The number of amides is 1. The molecule has 7 nitrogen and oxygen atoms in total. The molecule has 3 rings (SSSR count). The number of halogens is 1. The highest BCUT2D eigenvalue weighted by molar-refractivity contribution is 7.91. The summed E-state index contributed by atoms with van der Waals surface area (Å²) in [6, 6.07) is 3.78. The summed E-state index contributed by atoms with van der Waals surface area (Å²) in [5, 5.41) is 0.162. The molecule has 0 spiro atoms. The minimum Gasteiger partial charge on any atom is -0.335 e. The highest BCUT2D eigenvalue weighted by Crippen LogP contribution is 2.28. The van der Waals surface area contributed by atoms with E-state index in [0.29, 0.717) is 32.5 Å². The fraction of sp³-hybridized carbons (Fsp3) is 0.632. The Labute approximate surface area is 178 Å². The van der Waals surface area contributed by atoms with Gasteiger partial charge in [-0.3, -0.25) is 4.79 Å². The van der Waals surface area contributed by atoms with E-state index in [9.17, 15) is 21.6 Å². The first kappa shape index (κ1) is 22.5. The molecule has 10 heteroatoms. The molecule has 0 radical (unpaired) electrons. The zero-order valence-electron chi connectivity index (χ0n) is 16.5. The number of benzene rings is 1. The second-order valence-corrected chi connectivity index (χ2v) is 12.2. The van der Waals surface area contributed by atoms with Gasteiger partial charge in [-0.15, -0.1) is 0 Å². The van der Waals surface area contributed by atoms with Crippen molar-refractivity contribution in [2.45, 2.75) is 50.0 Å². The topological polar surface area (TPSA) is 91.8 Å². The van der Waals surface area contributed by atoms with Crippen molar-refractivity contribution in [3.05, 3.63) is 28.8 Å². The van der Waals surface area contributed by atoms with E-state index in [4.69, 9.17) is 11.6 Å². The van der Waals surface area contributed by atoms with Crippen LogP contribution in [0.5, 0.6) is 0 Å². The van der Waals surface area contributed by atoms with Gasteiger partial charge in [0.05, 0.1) is 27.0 Å². The fourth-order valence-electron chi connectivity index (χ4n) is 3.95. The third-order valence-electron chi connectivity index (χ3n) is 5.50. The second kappa shape index (κ2) is 8.91. The highest BCUT2D eigenvalue weighted by atomic mass is 35.5. The predicted molar refractivity (Wildman–Crippen MR) is 112 cm³/mol. The predicted octanol–water partition coefficient (Wildman–Crippen LogP) is 2.55. The van der Waals surface area contributed by atoms with Gasteiger partial charge in [-0.25, -0.2) is 16.8 Å². The molecule has 1 aromatic rings. The van der Waals surface area contributed by atoms with Gasteiger partial charge in [-0.2, -0.15) is 4.31 Å². The van der Waals surface area contributed by atoms with E-state index < -0.39 is 31.8 Å². The van der Waals surface area contributed by atoms with Crippen LogP contribution in [0.25, 0.3) is 0 Å². The van der Waals surface area contributed by atoms with Gasteiger partial charge < -0.3 is 4.90 Å². The first-order valence-electron chi connectivity index (χ1n) is 9.97. The summed E-state index contributed by atoms with van der Waals surface area (Å²) in [4.78, 5) is 14.8. The quantitative estimate of drug-likeness (QED) is 0.647. The average molecular weight is 463 g/mol. The molecule has 0 aromatic heterocycles. The van der Waals surface area contributed by atoms with Crippen molar-refractivity contribution in [3.63, 3.8) is 0 Å². The van der Waals surface area contributed by atoms with Gasteiger partial charge in [0.15, 0.2) is 9.84 Å². The second-order valence-electron chi connectivity index (χ2n) is 7.66. The zero-order chi connectivity index (χ0) is 21.2. The minimum atomic E-state index is -3.70. The highest BCUT2D eigenvalue weighted by Gasteiger charge is 2.36. The lowest BCUT2D eigenvalue weighted by Crippen LogP contribution is -2.42. The summed E-state index contributed by atoms with van der Waals surface area (Å²) in [6.07, 6.45) is 3.69. The van der Waals surface area contributed by atoms with Gasteiger partial charge in [-0.05, 0) is 43.9 Å². The van der Waals surface area contributed by atoms with Crippen molar-refractivity contribution in [2.24, 2.45) is 0 Å². The molecule has 29 heavy (non-hydrogen) atoms. The van der Waals surface area contributed by atoms with E-state index in [-0.39, 0.29) is 27.0 Å². The molecule has 0 bridgehead atoms. The number of hydrogen-bond donors (Lipinski definition) is 0. The van der Waals surface area contributed by atoms with E-state index in [1.54, 1.807) is 0 Å². The van der Waals surface area contributed by atoms with Gasteiger partial charge >= 0.3 is 0 Å². The van der Waals surface area contributed by atoms with Crippen LogP contribution in [0.4, 0.5) is 0 Å². The molecule has 2 aliphatic heterocycles. The normalized spacial score (nSPS) is 22.5. The van der Waals surface area contributed by atoms with Crippen molar-refractivity contribution in [2.75, 3.05) is 31.1 Å². The third kappa shape index (κ3) is 4.95. The van der Waals surface area contributed by atoms with Crippen molar-refractivity contribution < 1.29 is 21.6 Å². The molecule has 1 atom stereocenters. The number of sulfone groups is 1. The summed E-state index contributed by atoms with van der Waals surface area (Å²) in [7, 11) is -6.86. The molecule has 162 valence electrons. The third-order valence-corrected chi connectivity index (χ3v) is 9.47. The maximum atomic E-state index is 13.2. The first-order valence-corrected chi connectivity index (χ1v) is 13.6. The molecule has 0 aliphatic carbocycles. The van der Waals surface area contributed by atoms with E-state index in [1.165, 1.54) is 27.4 Å². The maximum Gasteiger partial charge on any atom is 0.255 e. The summed E-state index contributed by atoms with van der Waals surface area (Å²) >= 11 is 6.26. The molecule has 2 heterocycles. The number of carbonyl (C=O) groups excluding carboxylic acids is 1. The molecule has 2 fully saturated rings. The van der Waals surface area contributed by atoms with Crippen molar-refractivity contribution in [1.82, 2.24) is 9.21 Å². The van der Waals surface area contributed by atoms with Gasteiger partial charge in [0.1, 0.15) is 0 Å².